The smallest absolute Gasteiger partial charge is 0.222 e. The molecule has 0 radical (unpaired) electrons. The van der Waals surface area contributed by atoms with Gasteiger partial charge in [-0.15, -0.1) is 0 Å². The van der Waals surface area contributed by atoms with Crippen LogP contribution in [0.15, 0.2) is 0 Å². The Bertz CT molecular complexity index is 362. The molecule has 1 unspecified atom stereocenters. The third-order valence-corrected chi connectivity index (χ3v) is 5.89. The first kappa shape index (κ1) is 17.2. The second-order valence-corrected chi connectivity index (χ2v) is 7.71. The van der Waals surface area contributed by atoms with Crippen molar-refractivity contribution in [2.24, 2.45) is 5.92 Å². The van der Waals surface area contributed by atoms with Crippen molar-refractivity contribution < 1.29 is 9.53 Å². The Morgan fingerprint density at radius 3 is 2.57 bits per heavy atom. The molecule has 2 saturated heterocycles. The van der Waals surface area contributed by atoms with Gasteiger partial charge in [0.25, 0.3) is 0 Å². The summed E-state index contributed by atoms with van der Waals surface area (Å²) < 4.78 is 5.64. The lowest BCUT2D eigenvalue weighted by atomic mass is 9.89. The van der Waals surface area contributed by atoms with Gasteiger partial charge in [0.15, 0.2) is 0 Å². The molecule has 0 aromatic rings. The molecule has 4 heteroatoms. The monoisotopic (exact) mass is 322 g/mol. The summed E-state index contributed by atoms with van der Waals surface area (Å²) in [4.78, 5) is 17.2. The first-order valence-corrected chi connectivity index (χ1v) is 9.93. The molecule has 0 spiro atoms. The lowest BCUT2D eigenvalue weighted by molar-refractivity contribution is -0.131. The standard InChI is InChI=1S/C19H34N2O2/c22-19(10-9-18-8-4-15-23-18)21-12-5-11-20(13-14-21)16-17-6-2-1-3-7-17/h17-18H,1-16H2. The first-order chi connectivity index (χ1) is 11.3. The number of carbonyl (C=O) groups excluding carboxylic acids is 1. The molecule has 23 heavy (non-hydrogen) atoms. The Balaban J connectivity index is 1.37. The molecule has 1 atom stereocenters. The molecule has 3 fully saturated rings. The van der Waals surface area contributed by atoms with E-state index in [1.54, 1.807) is 0 Å². The molecule has 1 amide bonds. The zero-order chi connectivity index (χ0) is 15.9. The Hall–Kier alpha value is -0.610. The molecule has 0 aromatic carbocycles. The minimum atomic E-state index is 0.341. The highest BCUT2D eigenvalue weighted by Gasteiger charge is 2.23. The summed E-state index contributed by atoms with van der Waals surface area (Å²) in [5.41, 5.74) is 0. The van der Waals surface area contributed by atoms with Crippen molar-refractivity contribution in [2.75, 3.05) is 39.3 Å². The van der Waals surface area contributed by atoms with Crippen LogP contribution in [0.3, 0.4) is 0 Å². The molecule has 4 nitrogen and oxygen atoms in total. The van der Waals surface area contributed by atoms with Crippen LogP contribution < -0.4 is 0 Å². The van der Waals surface area contributed by atoms with E-state index in [2.05, 4.69) is 9.80 Å². The summed E-state index contributed by atoms with van der Waals surface area (Å²) in [7, 11) is 0. The Kier molecular flexibility index (Phi) is 6.76. The molecular weight excluding hydrogens is 288 g/mol. The van der Waals surface area contributed by atoms with E-state index >= 15 is 0 Å². The van der Waals surface area contributed by atoms with E-state index in [0.29, 0.717) is 18.4 Å². The van der Waals surface area contributed by atoms with Gasteiger partial charge in [-0.3, -0.25) is 4.79 Å². The van der Waals surface area contributed by atoms with Gasteiger partial charge in [-0.2, -0.15) is 0 Å². The van der Waals surface area contributed by atoms with Crippen LogP contribution in [0, 0.1) is 5.92 Å². The lowest BCUT2D eigenvalue weighted by Gasteiger charge is -2.28. The Morgan fingerprint density at radius 2 is 1.78 bits per heavy atom. The molecule has 0 aromatic heterocycles. The van der Waals surface area contributed by atoms with E-state index in [1.807, 2.05) is 0 Å². The van der Waals surface area contributed by atoms with Crippen LogP contribution in [0.2, 0.25) is 0 Å². The Morgan fingerprint density at radius 1 is 0.913 bits per heavy atom. The molecule has 0 bridgehead atoms. The van der Waals surface area contributed by atoms with Crippen LogP contribution in [0.1, 0.15) is 64.2 Å². The summed E-state index contributed by atoms with van der Waals surface area (Å²) in [6, 6.07) is 0. The van der Waals surface area contributed by atoms with Crippen LogP contribution >= 0.6 is 0 Å². The van der Waals surface area contributed by atoms with E-state index in [4.69, 9.17) is 4.74 Å². The Labute approximate surface area is 141 Å². The zero-order valence-corrected chi connectivity index (χ0v) is 14.7. The van der Waals surface area contributed by atoms with Crippen molar-refractivity contribution >= 4 is 5.91 Å². The number of hydrogen-bond acceptors (Lipinski definition) is 3. The van der Waals surface area contributed by atoms with Gasteiger partial charge in [-0.25, -0.2) is 0 Å². The van der Waals surface area contributed by atoms with Gasteiger partial charge in [0.2, 0.25) is 5.91 Å². The predicted molar refractivity (Wildman–Crippen MR) is 92.4 cm³/mol. The quantitative estimate of drug-likeness (QED) is 0.780. The lowest BCUT2D eigenvalue weighted by Crippen LogP contribution is -2.37. The van der Waals surface area contributed by atoms with Crippen LogP contribution in [0.4, 0.5) is 0 Å². The highest BCUT2D eigenvalue weighted by molar-refractivity contribution is 5.76. The summed E-state index contributed by atoms with van der Waals surface area (Å²) in [5, 5.41) is 0. The SMILES string of the molecule is O=C(CCC1CCCO1)N1CCCN(CC2CCCCC2)CC1. The second kappa shape index (κ2) is 9.03. The molecule has 3 aliphatic rings. The third kappa shape index (κ3) is 5.46. The fourth-order valence-electron chi connectivity index (χ4n) is 4.45. The fraction of sp³-hybridized carbons (Fsp3) is 0.947. The van der Waals surface area contributed by atoms with Crippen LogP contribution in [0.5, 0.6) is 0 Å². The summed E-state index contributed by atoms with van der Waals surface area (Å²) in [6.07, 6.45) is 12.5. The number of rotatable bonds is 5. The van der Waals surface area contributed by atoms with Gasteiger partial charge in [0, 0.05) is 39.2 Å². The largest absolute Gasteiger partial charge is 0.378 e. The molecule has 2 heterocycles. The second-order valence-electron chi connectivity index (χ2n) is 7.71. The van der Waals surface area contributed by atoms with E-state index < -0.39 is 0 Å². The van der Waals surface area contributed by atoms with Crippen molar-refractivity contribution in [3.05, 3.63) is 0 Å². The number of carbonyl (C=O) groups is 1. The van der Waals surface area contributed by atoms with Crippen molar-refractivity contribution in [3.63, 3.8) is 0 Å². The van der Waals surface area contributed by atoms with Gasteiger partial charge in [-0.05, 0) is 51.0 Å². The average molecular weight is 322 g/mol. The molecule has 2 aliphatic heterocycles. The van der Waals surface area contributed by atoms with Gasteiger partial charge in [0.1, 0.15) is 0 Å². The number of nitrogens with zero attached hydrogens (tertiary/aromatic N) is 2. The third-order valence-electron chi connectivity index (χ3n) is 5.89. The summed E-state index contributed by atoms with van der Waals surface area (Å²) >= 11 is 0. The van der Waals surface area contributed by atoms with Gasteiger partial charge >= 0.3 is 0 Å². The molecule has 1 aliphatic carbocycles. The minimum Gasteiger partial charge on any atom is -0.378 e. The number of hydrogen-bond donors (Lipinski definition) is 0. The topological polar surface area (TPSA) is 32.8 Å². The van der Waals surface area contributed by atoms with Crippen molar-refractivity contribution in [1.82, 2.24) is 9.80 Å². The molecule has 3 rings (SSSR count). The number of ether oxygens (including phenoxy) is 1. The van der Waals surface area contributed by atoms with Crippen molar-refractivity contribution in [3.8, 4) is 0 Å². The zero-order valence-electron chi connectivity index (χ0n) is 14.7. The fourth-order valence-corrected chi connectivity index (χ4v) is 4.45. The highest BCUT2D eigenvalue weighted by atomic mass is 16.5. The molecule has 1 saturated carbocycles. The van der Waals surface area contributed by atoms with Gasteiger partial charge < -0.3 is 14.5 Å². The summed E-state index contributed by atoms with van der Waals surface area (Å²) in [6.45, 7) is 6.27. The van der Waals surface area contributed by atoms with E-state index in [9.17, 15) is 4.79 Å². The number of amides is 1. The predicted octanol–water partition coefficient (Wildman–Crippen LogP) is 3.06. The average Bonchev–Trinajstić information content (AvgIpc) is 2.99. The maximum Gasteiger partial charge on any atom is 0.222 e. The molecule has 0 N–H and O–H groups in total. The maximum absolute atomic E-state index is 12.5. The van der Waals surface area contributed by atoms with Gasteiger partial charge in [0.05, 0.1) is 6.10 Å². The summed E-state index contributed by atoms with van der Waals surface area (Å²) in [5.74, 6) is 1.26. The maximum atomic E-state index is 12.5. The minimum absolute atomic E-state index is 0.341. The molecular formula is C19H34N2O2. The molecule has 132 valence electrons. The van der Waals surface area contributed by atoms with E-state index in [-0.39, 0.29) is 0 Å². The van der Waals surface area contributed by atoms with Crippen molar-refractivity contribution in [1.29, 1.82) is 0 Å². The van der Waals surface area contributed by atoms with Gasteiger partial charge in [-0.1, -0.05) is 19.3 Å². The highest BCUT2D eigenvalue weighted by Crippen LogP contribution is 2.25. The van der Waals surface area contributed by atoms with Crippen LogP contribution in [-0.4, -0.2) is 61.1 Å². The normalized spacial score (nSPS) is 28.0. The van der Waals surface area contributed by atoms with E-state index in [0.717, 1.165) is 51.4 Å². The van der Waals surface area contributed by atoms with Crippen LogP contribution in [-0.2, 0) is 9.53 Å². The van der Waals surface area contributed by atoms with Crippen LogP contribution in [0.25, 0.3) is 0 Å². The first-order valence-electron chi connectivity index (χ1n) is 9.93. The van der Waals surface area contributed by atoms with E-state index in [1.165, 1.54) is 51.6 Å². The van der Waals surface area contributed by atoms with Crippen molar-refractivity contribution in [2.45, 2.75) is 70.3 Å².